The minimum atomic E-state index is -0.699. The van der Waals surface area contributed by atoms with Crippen LogP contribution in [-0.2, 0) is 0 Å². The van der Waals surface area contributed by atoms with Gasteiger partial charge in [-0.25, -0.2) is 14.4 Å². The summed E-state index contributed by atoms with van der Waals surface area (Å²) in [6.45, 7) is 0. The number of anilines is 2. The SMILES string of the molecule is CNc1nccc(C(=O)Nc2ncccc2Br)c1F. The first-order valence-electron chi connectivity index (χ1n) is 5.37. The third-order valence-corrected chi connectivity index (χ3v) is 3.00. The lowest BCUT2D eigenvalue weighted by Gasteiger charge is -2.08. The van der Waals surface area contributed by atoms with Gasteiger partial charge in [-0.3, -0.25) is 4.79 Å². The number of amides is 1. The summed E-state index contributed by atoms with van der Waals surface area (Å²) in [5, 5.41) is 5.10. The maximum Gasteiger partial charge on any atom is 0.260 e. The standard InChI is InChI=1S/C12H10BrFN4O/c1-15-11-9(14)7(4-6-17-11)12(19)18-10-8(13)3-2-5-16-10/h2-6H,1H3,(H,15,17)(H,16,18,19). The maximum atomic E-state index is 13.9. The van der Waals surface area contributed by atoms with Crippen LogP contribution in [0.4, 0.5) is 16.0 Å². The molecule has 0 fully saturated rings. The van der Waals surface area contributed by atoms with Gasteiger partial charge < -0.3 is 10.6 Å². The van der Waals surface area contributed by atoms with Gasteiger partial charge in [0.1, 0.15) is 5.82 Å². The average Bonchev–Trinajstić information content (AvgIpc) is 2.41. The zero-order valence-electron chi connectivity index (χ0n) is 9.95. The summed E-state index contributed by atoms with van der Waals surface area (Å²) in [4.78, 5) is 19.7. The van der Waals surface area contributed by atoms with Gasteiger partial charge in [-0.2, -0.15) is 0 Å². The third kappa shape index (κ3) is 2.87. The number of pyridine rings is 2. The van der Waals surface area contributed by atoms with Gasteiger partial charge in [0, 0.05) is 19.4 Å². The van der Waals surface area contributed by atoms with Crippen molar-refractivity contribution in [2.75, 3.05) is 17.7 Å². The highest BCUT2D eigenvalue weighted by Crippen LogP contribution is 2.20. The van der Waals surface area contributed by atoms with E-state index in [4.69, 9.17) is 0 Å². The summed E-state index contributed by atoms with van der Waals surface area (Å²) >= 11 is 3.25. The van der Waals surface area contributed by atoms with E-state index in [1.807, 2.05) is 0 Å². The number of carbonyl (C=O) groups excluding carboxylic acids is 1. The summed E-state index contributed by atoms with van der Waals surface area (Å²) in [5.41, 5.74) is -0.100. The van der Waals surface area contributed by atoms with Crippen LogP contribution in [-0.4, -0.2) is 22.9 Å². The lowest BCUT2D eigenvalue weighted by molar-refractivity contribution is 0.102. The molecule has 0 bridgehead atoms. The number of nitrogens with one attached hydrogen (secondary N) is 2. The van der Waals surface area contributed by atoms with Crippen LogP contribution in [0.25, 0.3) is 0 Å². The van der Waals surface area contributed by atoms with Crippen molar-refractivity contribution in [3.8, 4) is 0 Å². The topological polar surface area (TPSA) is 66.9 Å². The maximum absolute atomic E-state index is 13.9. The van der Waals surface area contributed by atoms with Crippen molar-refractivity contribution in [2.24, 2.45) is 0 Å². The Kier molecular flexibility index (Phi) is 4.06. The van der Waals surface area contributed by atoms with E-state index in [0.29, 0.717) is 10.3 Å². The summed E-state index contributed by atoms with van der Waals surface area (Å²) < 4.78 is 14.5. The van der Waals surface area contributed by atoms with Crippen LogP contribution in [0.5, 0.6) is 0 Å². The number of rotatable bonds is 3. The molecule has 19 heavy (non-hydrogen) atoms. The van der Waals surface area contributed by atoms with E-state index in [0.717, 1.165) is 0 Å². The Morgan fingerprint density at radius 2 is 2.00 bits per heavy atom. The Morgan fingerprint density at radius 3 is 2.68 bits per heavy atom. The van der Waals surface area contributed by atoms with Crippen LogP contribution < -0.4 is 10.6 Å². The molecule has 0 aliphatic rings. The van der Waals surface area contributed by atoms with Gasteiger partial charge in [-0.15, -0.1) is 0 Å². The average molecular weight is 325 g/mol. The summed E-state index contributed by atoms with van der Waals surface area (Å²) in [5.74, 6) is -0.937. The fraction of sp³-hybridized carbons (Fsp3) is 0.0833. The minimum Gasteiger partial charge on any atom is -0.371 e. The first-order valence-corrected chi connectivity index (χ1v) is 6.17. The molecule has 0 saturated heterocycles. The van der Waals surface area contributed by atoms with Gasteiger partial charge in [-0.05, 0) is 34.1 Å². The van der Waals surface area contributed by atoms with Crippen molar-refractivity contribution >= 4 is 33.5 Å². The van der Waals surface area contributed by atoms with Crippen molar-refractivity contribution in [1.29, 1.82) is 0 Å². The zero-order chi connectivity index (χ0) is 13.8. The molecule has 0 spiro atoms. The molecule has 98 valence electrons. The van der Waals surface area contributed by atoms with E-state index in [9.17, 15) is 9.18 Å². The summed E-state index contributed by atoms with van der Waals surface area (Å²) in [6.07, 6.45) is 2.89. The van der Waals surface area contributed by atoms with Crippen molar-refractivity contribution < 1.29 is 9.18 Å². The van der Waals surface area contributed by atoms with E-state index >= 15 is 0 Å². The number of nitrogens with zero attached hydrogens (tertiary/aromatic N) is 2. The van der Waals surface area contributed by atoms with E-state index < -0.39 is 11.7 Å². The summed E-state index contributed by atoms with van der Waals surface area (Å²) in [7, 11) is 1.53. The Morgan fingerprint density at radius 1 is 1.26 bits per heavy atom. The van der Waals surface area contributed by atoms with E-state index in [1.54, 1.807) is 12.1 Å². The number of halogens is 2. The highest BCUT2D eigenvalue weighted by Gasteiger charge is 2.16. The predicted molar refractivity (Wildman–Crippen MR) is 73.6 cm³/mol. The fourth-order valence-corrected chi connectivity index (χ4v) is 1.80. The van der Waals surface area contributed by atoms with Crippen molar-refractivity contribution in [3.05, 3.63) is 46.4 Å². The summed E-state index contributed by atoms with van der Waals surface area (Å²) in [6, 6.07) is 4.75. The molecule has 2 aromatic heterocycles. The van der Waals surface area contributed by atoms with Crippen molar-refractivity contribution in [3.63, 3.8) is 0 Å². The van der Waals surface area contributed by atoms with Crippen molar-refractivity contribution in [1.82, 2.24) is 9.97 Å². The second-order valence-electron chi connectivity index (χ2n) is 3.56. The third-order valence-electron chi connectivity index (χ3n) is 2.36. The fourth-order valence-electron chi connectivity index (χ4n) is 1.45. The Hall–Kier alpha value is -2.02. The number of carbonyl (C=O) groups is 1. The quantitative estimate of drug-likeness (QED) is 0.910. The zero-order valence-corrected chi connectivity index (χ0v) is 11.5. The molecule has 5 nitrogen and oxygen atoms in total. The molecular weight excluding hydrogens is 315 g/mol. The van der Waals surface area contributed by atoms with Gasteiger partial charge >= 0.3 is 0 Å². The van der Waals surface area contributed by atoms with Gasteiger partial charge in [-0.1, -0.05) is 0 Å². The molecule has 0 atom stereocenters. The second-order valence-corrected chi connectivity index (χ2v) is 4.41. The smallest absolute Gasteiger partial charge is 0.260 e. The van der Waals surface area contributed by atoms with Crippen LogP contribution in [0.1, 0.15) is 10.4 Å². The molecular formula is C12H10BrFN4O. The van der Waals surface area contributed by atoms with Crippen LogP contribution in [0.3, 0.4) is 0 Å². The van der Waals surface area contributed by atoms with E-state index in [1.165, 1.54) is 25.5 Å². The number of hydrogen-bond donors (Lipinski definition) is 2. The normalized spacial score (nSPS) is 10.1. The Balaban J connectivity index is 2.28. The lowest BCUT2D eigenvalue weighted by Crippen LogP contribution is -2.16. The van der Waals surface area contributed by atoms with Crippen LogP contribution in [0, 0.1) is 5.82 Å². The molecule has 2 heterocycles. The molecule has 2 N–H and O–H groups in total. The van der Waals surface area contributed by atoms with E-state index in [-0.39, 0.29) is 11.4 Å². The second kappa shape index (κ2) is 5.75. The largest absolute Gasteiger partial charge is 0.371 e. The molecule has 7 heteroatoms. The molecule has 1 amide bonds. The first kappa shape index (κ1) is 13.4. The Labute approximate surface area is 117 Å². The van der Waals surface area contributed by atoms with Gasteiger partial charge in [0.2, 0.25) is 0 Å². The van der Waals surface area contributed by atoms with Crippen LogP contribution >= 0.6 is 15.9 Å². The van der Waals surface area contributed by atoms with Gasteiger partial charge in [0.15, 0.2) is 11.6 Å². The highest BCUT2D eigenvalue weighted by molar-refractivity contribution is 9.10. The molecule has 2 rings (SSSR count). The molecule has 0 aliphatic carbocycles. The predicted octanol–water partition coefficient (Wildman–Crippen LogP) is 2.67. The number of aromatic nitrogens is 2. The molecule has 2 aromatic rings. The van der Waals surface area contributed by atoms with Crippen LogP contribution in [0.2, 0.25) is 0 Å². The monoisotopic (exact) mass is 324 g/mol. The minimum absolute atomic E-state index is 0.0211. The van der Waals surface area contributed by atoms with Gasteiger partial charge in [0.05, 0.1) is 10.0 Å². The first-order chi connectivity index (χ1) is 9.13. The Bertz CT molecular complexity index is 620. The van der Waals surface area contributed by atoms with Gasteiger partial charge in [0.25, 0.3) is 5.91 Å². The number of hydrogen-bond acceptors (Lipinski definition) is 4. The molecule has 0 aromatic carbocycles. The van der Waals surface area contributed by atoms with Crippen LogP contribution in [0.15, 0.2) is 35.1 Å². The lowest BCUT2D eigenvalue weighted by atomic mass is 10.2. The van der Waals surface area contributed by atoms with Crippen molar-refractivity contribution in [2.45, 2.75) is 0 Å². The molecule has 0 aliphatic heterocycles. The van der Waals surface area contributed by atoms with E-state index in [2.05, 4.69) is 36.5 Å². The molecule has 0 saturated carbocycles. The molecule has 0 radical (unpaired) electrons. The molecule has 0 unspecified atom stereocenters. The highest BCUT2D eigenvalue weighted by atomic mass is 79.9.